The van der Waals surface area contributed by atoms with E-state index in [4.69, 9.17) is 9.47 Å². The first-order valence-corrected chi connectivity index (χ1v) is 5.25. The standard InChI is InChI=1S/C12H15NO3.2ClH/c1-15-10-5-8-3-4-13-12(14)7-9(8)6-11(10)16-2;;/h5-6H,3-4,7H2,1-2H3,(H,13,14);2*1H. The third-order valence-corrected chi connectivity index (χ3v) is 2.77. The van der Waals surface area contributed by atoms with Gasteiger partial charge < -0.3 is 14.8 Å². The summed E-state index contributed by atoms with van der Waals surface area (Å²) in [5, 5.41) is 2.85. The maximum absolute atomic E-state index is 11.4. The Morgan fingerprint density at radius 1 is 1.06 bits per heavy atom. The SMILES string of the molecule is COc1cc2c(cc1OC)CC(=O)NCC2.Cl.Cl. The Morgan fingerprint density at radius 3 is 2.17 bits per heavy atom. The molecule has 0 unspecified atom stereocenters. The molecule has 0 fully saturated rings. The second-order valence-electron chi connectivity index (χ2n) is 3.75. The van der Waals surface area contributed by atoms with E-state index < -0.39 is 0 Å². The van der Waals surface area contributed by atoms with Crippen LogP contribution in [0.15, 0.2) is 12.1 Å². The molecule has 0 saturated carbocycles. The van der Waals surface area contributed by atoms with Crippen molar-refractivity contribution in [3.8, 4) is 11.5 Å². The Morgan fingerprint density at radius 2 is 1.61 bits per heavy atom. The van der Waals surface area contributed by atoms with Gasteiger partial charge in [0.1, 0.15) is 0 Å². The van der Waals surface area contributed by atoms with Crippen molar-refractivity contribution in [2.75, 3.05) is 20.8 Å². The smallest absolute Gasteiger partial charge is 0.224 e. The quantitative estimate of drug-likeness (QED) is 0.904. The summed E-state index contributed by atoms with van der Waals surface area (Å²) in [6.07, 6.45) is 1.25. The van der Waals surface area contributed by atoms with Crippen LogP contribution in [0.4, 0.5) is 0 Å². The largest absolute Gasteiger partial charge is 0.493 e. The monoisotopic (exact) mass is 293 g/mol. The summed E-state index contributed by atoms with van der Waals surface area (Å²) in [6.45, 7) is 0.682. The van der Waals surface area contributed by atoms with E-state index in [-0.39, 0.29) is 30.7 Å². The van der Waals surface area contributed by atoms with E-state index in [0.29, 0.717) is 18.7 Å². The molecule has 0 aliphatic carbocycles. The van der Waals surface area contributed by atoms with Crippen molar-refractivity contribution in [1.29, 1.82) is 0 Å². The lowest BCUT2D eigenvalue weighted by Crippen LogP contribution is -2.24. The molecule has 102 valence electrons. The highest BCUT2D eigenvalue weighted by atomic mass is 35.5. The Balaban J connectivity index is 0.00000144. The average Bonchev–Trinajstić information content (AvgIpc) is 2.47. The molecule has 0 atom stereocenters. The van der Waals surface area contributed by atoms with Crippen molar-refractivity contribution < 1.29 is 14.3 Å². The van der Waals surface area contributed by atoms with Gasteiger partial charge in [-0.2, -0.15) is 0 Å². The summed E-state index contributed by atoms with van der Waals surface area (Å²) in [5.41, 5.74) is 2.17. The van der Waals surface area contributed by atoms with E-state index in [2.05, 4.69) is 5.32 Å². The Bertz CT molecular complexity index is 424. The van der Waals surface area contributed by atoms with Gasteiger partial charge in [0.25, 0.3) is 0 Å². The van der Waals surface area contributed by atoms with Crippen LogP contribution >= 0.6 is 24.8 Å². The first-order valence-electron chi connectivity index (χ1n) is 5.25. The van der Waals surface area contributed by atoms with Crippen LogP contribution in [-0.4, -0.2) is 26.7 Å². The Kier molecular flexibility index (Phi) is 6.88. The Hall–Kier alpha value is -1.13. The van der Waals surface area contributed by atoms with E-state index in [1.54, 1.807) is 14.2 Å². The summed E-state index contributed by atoms with van der Waals surface area (Å²) >= 11 is 0. The summed E-state index contributed by atoms with van der Waals surface area (Å²) < 4.78 is 10.5. The Labute approximate surface area is 119 Å². The number of rotatable bonds is 2. The molecule has 1 aliphatic rings. The molecular formula is C12H17Cl2NO3. The van der Waals surface area contributed by atoms with Gasteiger partial charge in [-0.1, -0.05) is 0 Å². The number of ether oxygens (including phenoxy) is 2. The first kappa shape index (κ1) is 16.9. The number of hydrogen-bond donors (Lipinski definition) is 1. The van der Waals surface area contributed by atoms with Gasteiger partial charge >= 0.3 is 0 Å². The summed E-state index contributed by atoms with van der Waals surface area (Å²) in [6, 6.07) is 3.84. The summed E-state index contributed by atoms with van der Waals surface area (Å²) in [4.78, 5) is 11.4. The van der Waals surface area contributed by atoms with Crippen LogP contribution in [-0.2, 0) is 17.6 Å². The van der Waals surface area contributed by atoms with Gasteiger partial charge in [0.05, 0.1) is 20.6 Å². The van der Waals surface area contributed by atoms with Gasteiger partial charge in [-0.15, -0.1) is 24.8 Å². The number of halogens is 2. The molecule has 2 rings (SSSR count). The third-order valence-electron chi connectivity index (χ3n) is 2.77. The van der Waals surface area contributed by atoms with Gasteiger partial charge in [0.15, 0.2) is 11.5 Å². The molecule has 18 heavy (non-hydrogen) atoms. The number of benzene rings is 1. The van der Waals surface area contributed by atoms with Crippen molar-refractivity contribution in [2.24, 2.45) is 0 Å². The molecule has 1 N–H and O–H groups in total. The maximum Gasteiger partial charge on any atom is 0.224 e. The molecule has 1 aromatic carbocycles. The van der Waals surface area contributed by atoms with Crippen LogP contribution in [0.1, 0.15) is 11.1 Å². The number of carbonyl (C=O) groups excluding carboxylic acids is 1. The molecular weight excluding hydrogens is 277 g/mol. The van der Waals surface area contributed by atoms with Crippen molar-refractivity contribution in [3.63, 3.8) is 0 Å². The van der Waals surface area contributed by atoms with Crippen molar-refractivity contribution >= 4 is 30.7 Å². The van der Waals surface area contributed by atoms with E-state index in [1.807, 2.05) is 12.1 Å². The number of nitrogens with one attached hydrogen (secondary N) is 1. The molecule has 0 bridgehead atoms. The fourth-order valence-electron chi connectivity index (χ4n) is 1.93. The molecule has 6 heteroatoms. The van der Waals surface area contributed by atoms with Gasteiger partial charge in [0.2, 0.25) is 5.91 Å². The fourth-order valence-corrected chi connectivity index (χ4v) is 1.93. The molecule has 1 heterocycles. The summed E-state index contributed by atoms with van der Waals surface area (Å²) in [5.74, 6) is 1.46. The number of fused-ring (bicyclic) bond motifs is 1. The molecule has 1 aliphatic heterocycles. The molecule has 0 radical (unpaired) electrons. The topological polar surface area (TPSA) is 47.6 Å². The zero-order chi connectivity index (χ0) is 11.5. The first-order chi connectivity index (χ1) is 7.74. The molecule has 1 aromatic rings. The lowest BCUT2D eigenvalue weighted by molar-refractivity contribution is -0.120. The minimum Gasteiger partial charge on any atom is -0.493 e. The van der Waals surface area contributed by atoms with Gasteiger partial charge in [-0.25, -0.2) is 0 Å². The summed E-state index contributed by atoms with van der Waals surface area (Å²) in [7, 11) is 3.21. The van der Waals surface area contributed by atoms with Gasteiger partial charge in [-0.05, 0) is 29.7 Å². The molecule has 1 amide bonds. The number of hydrogen-bond acceptors (Lipinski definition) is 3. The average molecular weight is 294 g/mol. The van der Waals surface area contributed by atoms with Crippen LogP contribution < -0.4 is 14.8 Å². The molecule has 0 saturated heterocycles. The minimum atomic E-state index is 0. The van der Waals surface area contributed by atoms with Crippen LogP contribution in [0.2, 0.25) is 0 Å². The van der Waals surface area contributed by atoms with E-state index in [0.717, 1.165) is 23.3 Å². The van der Waals surface area contributed by atoms with E-state index in [1.165, 1.54) is 0 Å². The third kappa shape index (κ3) is 3.43. The second kappa shape index (κ2) is 7.34. The second-order valence-corrected chi connectivity index (χ2v) is 3.75. The number of amides is 1. The van der Waals surface area contributed by atoms with E-state index >= 15 is 0 Å². The van der Waals surface area contributed by atoms with Gasteiger partial charge in [0, 0.05) is 6.54 Å². The lowest BCUT2D eigenvalue weighted by atomic mass is 10.0. The predicted octanol–water partition coefficient (Wildman–Crippen LogP) is 1.76. The van der Waals surface area contributed by atoms with Crippen molar-refractivity contribution in [2.45, 2.75) is 12.8 Å². The fraction of sp³-hybridized carbons (Fsp3) is 0.417. The van der Waals surface area contributed by atoms with Crippen molar-refractivity contribution in [3.05, 3.63) is 23.3 Å². The van der Waals surface area contributed by atoms with Gasteiger partial charge in [-0.3, -0.25) is 4.79 Å². The van der Waals surface area contributed by atoms with Crippen LogP contribution in [0.3, 0.4) is 0 Å². The van der Waals surface area contributed by atoms with Crippen molar-refractivity contribution in [1.82, 2.24) is 5.32 Å². The lowest BCUT2D eigenvalue weighted by Gasteiger charge is -2.12. The zero-order valence-electron chi connectivity index (χ0n) is 10.3. The highest BCUT2D eigenvalue weighted by Gasteiger charge is 2.16. The van der Waals surface area contributed by atoms with Crippen LogP contribution in [0.5, 0.6) is 11.5 Å². The molecule has 0 aromatic heterocycles. The normalized spacial score (nSPS) is 13.1. The number of carbonyl (C=O) groups is 1. The molecule has 4 nitrogen and oxygen atoms in total. The highest BCUT2D eigenvalue weighted by molar-refractivity contribution is 5.85. The van der Waals surface area contributed by atoms with Crippen LogP contribution in [0.25, 0.3) is 0 Å². The highest BCUT2D eigenvalue weighted by Crippen LogP contribution is 2.31. The van der Waals surface area contributed by atoms with E-state index in [9.17, 15) is 4.79 Å². The molecule has 0 spiro atoms. The minimum absolute atomic E-state index is 0. The van der Waals surface area contributed by atoms with Crippen LogP contribution in [0, 0.1) is 0 Å². The zero-order valence-corrected chi connectivity index (χ0v) is 12.0. The predicted molar refractivity (Wildman–Crippen MR) is 74.5 cm³/mol. The maximum atomic E-state index is 11.4. The number of methoxy groups -OCH3 is 2.